The summed E-state index contributed by atoms with van der Waals surface area (Å²) in [6, 6.07) is 54.2. The third kappa shape index (κ3) is 8.73. The van der Waals surface area contributed by atoms with Crippen molar-refractivity contribution in [1.82, 2.24) is 14.1 Å². The van der Waals surface area contributed by atoms with Crippen molar-refractivity contribution in [2.75, 3.05) is 0 Å². The second kappa shape index (κ2) is 17.6. The van der Waals surface area contributed by atoms with Crippen molar-refractivity contribution in [2.24, 2.45) is 0 Å². The molecule has 2 aliphatic carbocycles. The molecule has 0 saturated heterocycles. The molecule has 12 rings (SSSR count). The lowest BCUT2D eigenvalue weighted by Crippen LogP contribution is -2.34. The first-order valence-electron chi connectivity index (χ1n) is 28.8. The molecule has 402 valence electrons. The Kier molecular flexibility index (Phi) is 11.7. The average molecular weight is 1040 g/mol. The Labute approximate surface area is 470 Å². The van der Waals surface area contributed by atoms with Crippen LogP contribution in [0.25, 0.3) is 72.3 Å². The maximum absolute atomic E-state index is 6.95. The van der Waals surface area contributed by atoms with Gasteiger partial charge in [0, 0.05) is 23.0 Å². The number of nitrogens with zero attached hydrogens (tertiary/aromatic N) is 4. The van der Waals surface area contributed by atoms with Crippen LogP contribution in [0, 0.1) is 6.33 Å². The molecule has 0 saturated carbocycles. The van der Waals surface area contributed by atoms with Crippen molar-refractivity contribution in [1.29, 1.82) is 0 Å². The lowest BCUT2D eigenvalue weighted by Gasteiger charge is -2.34. The van der Waals surface area contributed by atoms with Crippen LogP contribution < -0.4 is 9.30 Å². The Morgan fingerprint density at radius 3 is 1.62 bits per heavy atom. The van der Waals surface area contributed by atoms with Crippen LogP contribution in [0.2, 0.25) is 0 Å². The first-order valence-corrected chi connectivity index (χ1v) is 28.8. The fourth-order valence-electron chi connectivity index (χ4n) is 14.5. The number of hydrogen-bond donors (Lipinski definition) is 0. The molecule has 0 atom stereocenters. The van der Waals surface area contributed by atoms with E-state index in [-0.39, 0.29) is 37.9 Å². The van der Waals surface area contributed by atoms with Crippen molar-refractivity contribution in [3.05, 3.63) is 197 Å². The highest BCUT2D eigenvalue weighted by atomic mass is 16.5. The molecule has 2 aliphatic rings. The van der Waals surface area contributed by atoms with Crippen molar-refractivity contribution < 1.29 is 9.30 Å². The Bertz CT molecular complexity index is 4000. The van der Waals surface area contributed by atoms with Crippen LogP contribution in [-0.2, 0) is 37.9 Å². The molecule has 0 fully saturated rings. The van der Waals surface area contributed by atoms with Crippen LogP contribution in [0.4, 0.5) is 0 Å². The predicted octanol–water partition coefficient (Wildman–Crippen LogP) is 19.1. The normalized spacial score (nSPS) is 16.5. The van der Waals surface area contributed by atoms with Gasteiger partial charge in [0.1, 0.15) is 17.3 Å². The molecule has 0 aliphatic heterocycles. The molecule has 0 amide bonds. The van der Waals surface area contributed by atoms with Gasteiger partial charge < -0.3 is 4.74 Å². The zero-order valence-corrected chi connectivity index (χ0v) is 50.0. The third-order valence-corrected chi connectivity index (χ3v) is 17.8. The standard InChI is InChI=1S/C74H80N4O/c1-68(2,3)48-35-36-75-64(39-48)78-60-26-19-18-25-52(60)53-32-31-51(41-63(53)78)79-50-24-22-23-49(40-50)76-45-77(62-28-21-20-27-61(62)76)67-65(46-29-33-54-56(37-46)73(14,15)43-71(54,10)11)58(69(4,5)6)42-59(70(7,8)9)66(67)47-30-34-55-57(38-47)74(16,17)44-72(55,12)13/h18-42H,43-44H2,1-17H3. The summed E-state index contributed by atoms with van der Waals surface area (Å²) in [6.07, 6.45) is 8.25. The summed E-state index contributed by atoms with van der Waals surface area (Å²) in [4.78, 5) is 4.94. The van der Waals surface area contributed by atoms with Crippen LogP contribution in [-0.4, -0.2) is 14.1 Å². The Morgan fingerprint density at radius 1 is 0.481 bits per heavy atom. The number of aromatic nitrogens is 4. The van der Waals surface area contributed by atoms with Crippen LogP contribution in [0.5, 0.6) is 11.5 Å². The van der Waals surface area contributed by atoms with E-state index in [1.54, 1.807) is 0 Å². The van der Waals surface area contributed by atoms with Gasteiger partial charge in [0.2, 0.25) is 0 Å². The smallest absolute Gasteiger partial charge is 0.269 e. The predicted molar refractivity (Wildman–Crippen MR) is 331 cm³/mol. The topological polar surface area (TPSA) is 35.9 Å². The van der Waals surface area contributed by atoms with Crippen LogP contribution in [0.15, 0.2) is 152 Å². The number of ether oxygens (including phenoxy) is 1. The number of benzene rings is 7. The first-order chi connectivity index (χ1) is 37.0. The molecule has 0 radical (unpaired) electrons. The van der Waals surface area contributed by atoms with Gasteiger partial charge in [-0.2, -0.15) is 0 Å². The van der Waals surface area contributed by atoms with Gasteiger partial charge >= 0.3 is 0 Å². The van der Waals surface area contributed by atoms with Crippen molar-refractivity contribution >= 4 is 32.8 Å². The number of hydrogen-bond acceptors (Lipinski definition) is 2. The molecule has 79 heavy (non-hydrogen) atoms. The van der Waals surface area contributed by atoms with E-state index in [0.717, 1.165) is 69.0 Å². The van der Waals surface area contributed by atoms with Gasteiger partial charge in [-0.25, -0.2) is 4.98 Å². The van der Waals surface area contributed by atoms with Gasteiger partial charge in [0.25, 0.3) is 6.33 Å². The lowest BCUT2D eigenvalue weighted by molar-refractivity contribution is -0.571. The zero-order valence-electron chi connectivity index (χ0n) is 50.0. The molecule has 3 aromatic heterocycles. The number of para-hydroxylation sites is 3. The van der Waals surface area contributed by atoms with E-state index in [2.05, 4.69) is 283 Å². The maximum atomic E-state index is 6.95. The minimum absolute atomic E-state index is 0.0191. The summed E-state index contributed by atoms with van der Waals surface area (Å²) < 4.78 is 13.9. The highest BCUT2D eigenvalue weighted by Gasteiger charge is 2.44. The van der Waals surface area contributed by atoms with Gasteiger partial charge in [0.05, 0.1) is 33.4 Å². The summed E-state index contributed by atoms with van der Waals surface area (Å²) in [5.74, 6) is 2.38. The second-order valence-electron chi connectivity index (χ2n) is 29.0. The fourth-order valence-corrected chi connectivity index (χ4v) is 14.5. The summed E-state index contributed by atoms with van der Waals surface area (Å²) in [5.41, 5.74) is 20.9. The number of imidazole rings is 1. The summed E-state index contributed by atoms with van der Waals surface area (Å²) in [7, 11) is 0. The molecular formula is C74H80N4O. The second-order valence-corrected chi connectivity index (χ2v) is 29.0. The summed E-state index contributed by atoms with van der Waals surface area (Å²) in [6.45, 7) is 40.5. The third-order valence-electron chi connectivity index (χ3n) is 17.8. The van der Waals surface area contributed by atoms with E-state index >= 15 is 0 Å². The molecule has 0 spiro atoms. The molecular weight excluding hydrogens is 961 g/mol. The van der Waals surface area contributed by atoms with E-state index in [0.29, 0.717) is 0 Å². The highest BCUT2D eigenvalue weighted by Crippen LogP contribution is 2.55. The average Bonchev–Trinajstić information content (AvgIpc) is 3.81. The first kappa shape index (κ1) is 52.5. The molecule has 5 heteroatoms. The maximum Gasteiger partial charge on any atom is 0.269 e. The molecule has 7 aromatic carbocycles. The minimum atomic E-state index is -0.213. The molecule has 0 N–H and O–H groups in total. The Balaban J connectivity index is 1.08. The van der Waals surface area contributed by atoms with E-state index in [1.807, 2.05) is 6.20 Å². The monoisotopic (exact) mass is 1040 g/mol. The minimum Gasteiger partial charge on any atom is -0.458 e. The van der Waals surface area contributed by atoms with E-state index < -0.39 is 0 Å². The van der Waals surface area contributed by atoms with Crippen LogP contribution in [0.1, 0.15) is 169 Å². The van der Waals surface area contributed by atoms with Gasteiger partial charge in [-0.05, 0) is 160 Å². The van der Waals surface area contributed by atoms with E-state index in [9.17, 15) is 0 Å². The zero-order chi connectivity index (χ0) is 56.1. The fraction of sp³-hybridized carbons (Fsp3) is 0.351. The molecule has 10 aromatic rings. The van der Waals surface area contributed by atoms with Crippen molar-refractivity contribution in [2.45, 2.75) is 168 Å². The van der Waals surface area contributed by atoms with Gasteiger partial charge in [-0.1, -0.05) is 209 Å². The van der Waals surface area contributed by atoms with Crippen molar-refractivity contribution in [3.8, 4) is 50.9 Å². The van der Waals surface area contributed by atoms with Gasteiger partial charge in [-0.15, -0.1) is 0 Å². The Morgan fingerprint density at radius 2 is 1.03 bits per heavy atom. The van der Waals surface area contributed by atoms with E-state index in [1.165, 1.54) is 66.6 Å². The number of pyridine rings is 1. The number of fused-ring (bicyclic) bond motifs is 6. The highest BCUT2D eigenvalue weighted by molar-refractivity contribution is 6.09. The largest absolute Gasteiger partial charge is 0.458 e. The van der Waals surface area contributed by atoms with Crippen molar-refractivity contribution in [3.63, 3.8) is 0 Å². The van der Waals surface area contributed by atoms with Crippen LogP contribution >= 0.6 is 0 Å². The van der Waals surface area contributed by atoms with E-state index in [4.69, 9.17) is 9.72 Å². The quantitative estimate of drug-likeness (QED) is 0.118. The van der Waals surface area contributed by atoms with Gasteiger partial charge in [-0.3, -0.25) is 13.7 Å². The van der Waals surface area contributed by atoms with Crippen LogP contribution in [0.3, 0.4) is 0 Å². The molecule has 0 unspecified atom stereocenters. The SMILES string of the molecule is CC(C)(C)c1ccnc(-n2c3ccccc3c3ccc(Oc4cccc(-n5[c-][n+](-c6c(-c7ccc8c(c7)C(C)(C)CC8(C)C)c(C(C)(C)C)cc(C(C)(C)C)c6-c6ccc7c(c6)C(C)(C)CC7(C)C)c6ccccc65)c4)cc32)c1. The number of rotatable bonds is 7. The van der Waals surface area contributed by atoms with Gasteiger partial charge in [0.15, 0.2) is 0 Å². The summed E-state index contributed by atoms with van der Waals surface area (Å²) >= 11 is 0. The molecule has 5 nitrogen and oxygen atoms in total. The summed E-state index contributed by atoms with van der Waals surface area (Å²) in [5, 5.41) is 2.33. The lowest BCUT2D eigenvalue weighted by atomic mass is 9.72. The molecule has 3 heterocycles. The molecule has 0 bridgehead atoms. The Hall–Kier alpha value is -7.24.